The van der Waals surface area contributed by atoms with Crippen molar-refractivity contribution in [3.8, 4) is 6.01 Å². The van der Waals surface area contributed by atoms with Gasteiger partial charge in [-0.05, 0) is 18.8 Å². The van der Waals surface area contributed by atoms with Gasteiger partial charge in [0.05, 0.1) is 19.3 Å². The maximum atomic E-state index is 9.79. The zero-order valence-corrected chi connectivity index (χ0v) is 12.3. The Labute approximate surface area is 119 Å². The minimum absolute atomic E-state index is 0.0697. The molecule has 0 bridgehead atoms. The third-order valence-electron chi connectivity index (χ3n) is 3.79. The zero-order valence-electron chi connectivity index (χ0n) is 12.3. The maximum absolute atomic E-state index is 9.79. The lowest BCUT2D eigenvalue weighted by Crippen LogP contribution is -2.46. The predicted molar refractivity (Wildman–Crippen MR) is 77.0 cm³/mol. The number of hydrogen-bond acceptors (Lipinski definition) is 7. The molecule has 2 unspecified atom stereocenters. The Hall–Kier alpha value is -1.63. The minimum Gasteiger partial charge on any atom is -0.467 e. The van der Waals surface area contributed by atoms with Gasteiger partial charge >= 0.3 is 6.01 Å². The van der Waals surface area contributed by atoms with E-state index in [0.29, 0.717) is 17.8 Å². The summed E-state index contributed by atoms with van der Waals surface area (Å²) in [6.07, 6.45) is 4.12. The molecule has 2 rings (SSSR count). The summed E-state index contributed by atoms with van der Waals surface area (Å²) in [6, 6.07) is 0.254. The highest BCUT2D eigenvalue weighted by atomic mass is 16.5. The van der Waals surface area contributed by atoms with E-state index >= 15 is 0 Å². The Kier molecular flexibility index (Phi) is 4.59. The lowest BCUT2D eigenvalue weighted by Gasteiger charge is -2.39. The number of nitrogens with zero attached hydrogens (tertiary/aromatic N) is 3. The van der Waals surface area contributed by atoms with Gasteiger partial charge in [0, 0.05) is 7.05 Å². The molecule has 1 aromatic rings. The van der Waals surface area contributed by atoms with Gasteiger partial charge in [-0.1, -0.05) is 19.8 Å². The third kappa shape index (κ3) is 3.27. The summed E-state index contributed by atoms with van der Waals surface area (Å²) in [7, 11) is 3.26. The van der Waals surface area contributed by atoms with Gasteiger partial charge in [0.2, 0.25) is 11.9 Å². The van der Waals surface area contributed by atoms with Crippen molar-refractivity contribution in [3.05, 3.63) is 0 Å². The predicted octanol–water partition coefficient (Wildman–Crippen LogP) is 1.27. The fourth-order valence-electron chi connectivity index (χ4n) is 2.81. The first-order valence-corrected chi connectivity index (χ1v) is 6.97. The highest BCUT2D eigenvalue weighted by Crippen LogP contribution is 2.34. The highest BCUT2D eigenvalue weighted by molar-refractivity contribution is 5.38. The minimum atomic E-state index is -0.352. The summed E-state index contributed by atoms with van der Waals surface area (Å²) in [5, 5.41) is 16.0. The molecular weight excluding hydrogens is 258 g/mol. The smallest absolute Gasteiger partial charge is 0.322 e. The van der Waals surface area contributed by atoms with E-state index in [0.717, 1.165) is 19.3 Å². The van der Waals surface area contributed by atoms with E-state index in [1.807, 2.05) is 0 Å². The van der Waals surface area contributed by atoms with E-state index in [1.54, 1.807) is 7.05 Å². The van der Waals surface area contributed by atoms with Crippen molar-refractivity contribution in [1.29, 1.82) is 0 Å². The standard InChI is InChI=1S/C13H23N5O2/c1-9-5-4-6-13(7-9,8-19)18-11-15-10(14-2)16-12(17-11)20-3/h9,19H,4-8H2,1-3H3,(H2,14,15,16,17,18). The fraction of sp³-hybridized carbons (Fsp3) is 0.769. The molecule has 2 atom stereocenters. The molecule has 3 N–H and O–H groups in total. The SMILES string of the molecule is CNc1nc(NC2(CO)CCCC(C)C2)nc(OC)n1. The molecule has 7 heteroatoms. The third-order valence-corrected chi connectivity index (χ3v) is 3.79. The number of aliphatic hydroxyl groups excluding tert-OH is 1. The van der Waals surface area contributed by atoms with Crippen LogP contribution < -0.4 is 15.4 Å². The summed E-state index contributed by atoms with van der Waals surface area (Å²) >= 11 is 0. The summed E-state index contributed by atoms with van der Waals surface area (Å²) in [4.78, 5) is 12.6. The molecule has 1 aliphatic rings. The van der Waals surface area contributed by atoms with E-state index in [4.69, 9.17) is 4.74 Å². The molecule has 20 heavy (non-hydrogen) atoms. The largest absolute Gasteiger partial charge is 0.467 e. The van der Waals surface area contributed by atoms with Crippen LogP contribution in [0.5, 0.6) is 6.01 Å². The van der Waals surface area contributed by atoms with Gasteiger partial charge in [-0.2, -0.15) is 15.0 Å². The molecule has 112 valence electrons. The Balaban J connectivity index is 2.22. The van der Waals surface area contributed by atoms with Gasteiger partial charge in [0.1, 0.15) is 0 Å². The normalized spacial score (nSPS) is 26.1. The van der Waals surface area contributed by atoms with Gasteiger partial charge < -0.3 is 20.5 Å². The highest BCUT2D eigenvalue weighted by Gasteiger charge is 2.35. The van der Waals surface area contributed by atoms with Crippen LogP contribution in [0.2, 0.25) is 0 Å². The first-order chi connectivity index (χ1) is 9.60. The Morgan fingerprint density at radius 2 is 2.10 bits per heavy atom. The quantitative estimate of drug-likeness (QED) is 0.748. The van der Waals surface area contributed by atoms with Gasteiger partial charge in [-0.25, -0.2) is 0 Å². The van der Waals surface area contributed by atoms with Crippen LogP contribution in [0.3, 0.4) is 0 Å². The van der Waals surface area contributed by atoms with E-state index in [9.17, 15) is 5.11 Å². The average Bonchev–Trinajstić information content (AvgIpc) is 2.46. The molecule has 0 amide bonds. The van der Waals surface area contributed by atoms with Crippen LogP contribution in [0, 0.1) is 5.92 Å². The number of anilines is 2. The Morgan fingerprint density at radius 1 is 1.35 bits per heavy atom. The number of hydrogen-bond donors (Lipinski definition) is 3. The first-order valence-electron chi connectivity index (χ1n) is 6.97. The van der Waals surface area contributed by atoms with Crippen molar-refractivity contribution in [2.45, 2.75) is 38.1 Å². The van der Waals surface area contributed by atoms with Crippen LogP contribution in [0.1, 0.15) is 32.6 Å². The van der Waals surface area contributed by atoms with Crippen molar-refractivity contribution < 1.29 is 9.84 Å². The van der Waals surface area contributed by atoms with Gasteiger partial charge in [0.25, 0.3) is 0 Å². The molecule has 1 aliphatic carbocycles. The molecule has 0 aromatic carbocycles. The lowest BCUT2D eigenvalue weighted by molar-refractivity contribution is 0.149. The number of rotatable bonds is 5. The molecule has 7 nitrogen and oxygen atoms in total. The number of aliphatic hydroxyl groups is 1. The molecule has 0 radical (unpaired) electrons. The summed E-state index contributed by atoms with van der Waals surface area (Å²) in [6.45, 7) is 2.28. The van der Waals surface area contributed by atoms with Crippen molar-refractivity contribution in [2.75, 3.05) is 31.4 Å². The van der Waals surface area contributed by atoms with Crippen molar-refractivity contribution >= 4 is 11.9 Å². The maximum Gasteiger partial charge on any atom is 0.322 e. The lowest BCUT2D eigenvalue weighted by atomic mass is 9.77. The average molecular weight is 281 g/mol. The summed E-state index contributed by atoms with van der Waals surface area (Å²) in [5.74, 6) is 1.46. The van der Waals surface area contributed by atoms with Crippen LogP contribution in [-0.2, 0) is 0 Å². The second-order valence-corrected chi connectivity index (χ2v) is 5.48. The number of ether oxygens (including phenoxy) is 1. The second-order valence-electron chi connectivity index (χ2n) is 5.48. The van der Waals surface area contributed by atoms with Crippen LogP contribution in [-0.4, -0.2) is 46.4 Å². The Morgan fingerprint density at radius 3 is 2.70 bits per heavy atom. The number of aromatic nitrogens is 3. The molecule has 0 spiro atoms. The van der Waals surface area contributed by atoms with Crippen molar-refractivity contribution in [3.63, 3.8) is 0 Å². The van der Waals surface area contributed by atoms with E-state index < -0.39 is 0 Å². The monoisotopic (exact) mass is 281 g/mol. The van der Waals surface area contributed by atoms with Gasteiger partial charge in [-0.3, -0.25) is 0 Å². The topological polar surface area (TPSA) is 92.2 Å². The molecule has 0 saturated heterocycles. The molecule has 1 fully saturated rings. The Bertz CT molecular complexity index is 434. The van der Waals surface area contributed by atoms with Crippen LogP contribution in [0.4, 0.5) is 11.9 Å². The van der Waals surface area contributed by atoms with Crippen LogP contribution >= 0.6 is 0 Å². The second kappa shape index (κ2) is 6.21. The van der Waals surface area contributed by atoms with Crippen molar-refractivity contribution in [2.24, 2.45) is 5.92 Å². The molecule has 1 aromatic heterocycles. The van der Waals surface area contributed by atoms with Gasteiger partial charge in [-0.15, -0.1) is 0 Å². The number of nitrogens with one attached hydrogen (secondary N) is 2. The van der Waals surface area contributed by atoms with Crippen molar-refractivity contribution in [1.82, 2.24) is 15.0 Å². The fourth-order valence-corrected chi connectivity index (χ4v) is 2.81. The molecule has 1 heterocycles. The van der Waals surface area contributed by atoms with Gasteiger partial charge in [0.15, 0.2) is 0 Å². The number of methoxy groups -OCH3 is 1. The molecule has 1 saturated carbocycles. The molecule has 0 aliphatic heterocycles. The van der Waals surface area contributed by atoms with E-state index in [-0.39, 0.29) is 18.2 Å². The van der Waals surface area contributed by atoms with Crippen LogP contribution in [0.25, 0.3) is 0 Å². The summed E-state index contributed by atoms with van der Waals surface area (Å²) < 4.78 is 5.07. The summed E-state index contributed by atoms with van der Waals surface area (Å²) in [5.41, 5.74) is -0.352. The van der Waals surface area contributed by atoms with Crippen LogP contribution in [0.15, 0.2) is 0 Å². The first kappa shape index (κ1) is 14.8. The van der Waals surface area contributed by atoms with E-state index in [1.165, 1.54) is 13.5 Å². The zero-order chi connectivity index (χ0) is 14.6. The van der Waals surface area contributed by atoms with E-state index in [2.05, 4.69) is 32.5 Å². The molecular formula is C13H23N5O2.